The molecule has 0 aliphatic rings. The highest BCUT2D eigenvalue weighted by atomic mass is 35.5. The number of anilines is 1. The average molecular weight is 510 g/mol. The van der Waals surface area contributed by atoms with Crippen LogP contribution in [0.15, 0.2) is 65.7 Å². The Morgan fingerprint density at radius 3 is 2.38 bits per heavy atom. The molecule has 2 N–H and O–H groups in total. The first kappa shape index (κ1) is 25.4. The van der Waals surface area contributed by atoms with Crippen molar-refractivity contribution in [1.82, 2.24) is 10.3 Å². The molecule has 3 aromatic rings. The summed E-state index contributed by atoms with van der Waals surface area (Å²) in [6, 6.07) is 12.6. The van der Waals surface area contributed by atoms with E-state index in [1.165, 1.54) is 49.0 Å². The number of halogens is 4. The van der Waals surface area contributed by atoms with Crippen molar-refractivity contribution in [3.8, 4) is 5.88 Å². The molecule has 1 aromatic heterocycles. The van der Waals surface area contributed by atoms with E-state index in [0.29, 0.717) is 0 Å². The van der Waals surface area contributed by atoms with Gasteiger partial charge >= 0.3 is 12.2 Å². The molecule has 3 amide bonds. The van der Waals surface area contributed by atoms with Crippen LogP contribution in [0.2, 0.25) is 5.02 Å². The third-order valence-corrected chi connectivity index (χ3v) is 5.65. The number of nitrogens with one attached hydrogen (secondary N) is 2. The standard InChI is InChI=1S/C23H19ClF3N3O3S/c1-13-11-15(29-22(32)30-20(31)17-5-3-4-6-18(17)24)12-28-21(13)33-19(23(25,26)27)14-7-9-16(34-2)10-8-14/h3-12,19H,1-2H3,(H2,29,30,31,32). The van der Waals surface area contributed by atoms with Gasteiger partial charge in [0, 0.05) is 16.0 Å². The summed E-state index contributed by atoms with van der Waals surface area (Å²) >= 11 is 7.35. The first-order chi connectivity index (χ1) is 16.1. The molecule has 1 heterocycles. The predicted octanol–water partition coefficient (Wildman–Crippen LogP) is 6.41. The van der Waals surface area contributed by atoms with Crippen LogP contribution in [0.3, 0.4) is 0 Å². The number of nitrogens with zero attached hydrogens (tertiary/aromatic N) is 1. The maximum atomic E-state index is 13.7. The molecule has 34 heavy (non-hydrogen) atoms. The summed E-state index contributed by atoms with van der Waals surface area (Å²) in [6.07, 6.45) is -3.94. The van der Waals surface area contributed by atoms with Gasteiger partial charge in [0.05, 0.1) is 22.5 Å². The lowest BCUT2D eigenvalue weighted by Gasteiger charge is -2.22. The summed E-state index contributed by atoms with van der Waals surface area (Å²) in [5.41, 5.74) is 0.458. The van der Waals surface area contributed by atoms with E-state index in [-0.39, 0.29) is 33.3 Å². The molecule has 1 atom stereocenters. The van der Waals surface area contributed by atoms with Crippen LogP contribution >= 0.6 is 23.4 Å². The normalized spacial score (nSPS) is 12.1. The SMILES string of the molecule is CSc1ccc(C(Oc2ncc(NC(=O)NC(=O)c3ccccc3Cl)cc2C)C(F)(F)F)cc1. The zero-order chi connectivity index (χ0) is 24.9. The smallest absolute Gasteiger partial charge is 0.429 e. The van der Waals surface area contributed by atoms with E-state index in [1.54, 1.807) is 24.3 Å². The Balaban J connectivity index is 1.71. The second-order valence-corrected chi connectivity index (χ2v) is 8.33. The second-order valence-electron chi connectivity index (χ2n) is 7.05. The minimum Gasteiger partial charge on any atom is -0.460 e. The zero-order valence-electron chi connectivity index (χ0n) is 17.9. The molecular weight excluding hydrogens is 491 g/mol. The van der Waals surface area contributed by atoms with Crippen molar-refractivity contribution in [3.63, 3.8) is 0 Å². The van der Waals surface area contributed by atoms with E-state index in [0.717, 1.165) is 11.1 Å². The average Bonchev–Trinajstić information content (AvgIpc) is 2.78. The van der Waals surface area contributed by atoms with E-state index < -0.39 is 24.2 Å². The Morgan fingerprint density at radius 1 is 1.12 bits per heavy atom. The molecule has 6 nitrogen and oxygen atoms in total. The van der Waals surface area contributed by atoms with Gasteiger partial charge in [-0.3, -0.25) is 10.1 Å². The molecule has 1 unspecified atom stereocenters. The lowest BCUT2D eigenvalue weighted by atomic mass is 10.1. The number of aryl methyl sites for hydroxylation is 1. The molecule has 0 radical (unpaired) electrons. The largest absolute Gasteiger partial charge is 0.460 e. The molecule has 0 fully saturated rings. The van der Waals surface area contributed by atoms with Crippen molar-refractivity contribution in [2.75, 3.05) is 11.6 Å². The molecule has 0 saturated carbocycles. The van der Waals surface area contributed by atoms with Gasteiger partial charge in [-0.15, -0.1) is 11.8 Å². The van der Waals surface area contributed by atoms with Crippen molar-refractivity contribution in [2.24, 2.45) is 0 Å². The van der Waals surface area contributed by atoms with Crippen molar-refractivity contribution < 1.29 is 27.5 Å². The maximum Gasteiger partial charge on any atom is 0.429 e. The minimum absolute atomic E-state index is 0.0637. The van der Waals surface area contributed by atoms with Crippen molar-refractivity contribution in [1.29, 1.82) is 0 Å². The van der Waals surface area contributed by atoms with Gasteiger partial charge in [0.1, 0.15) is 0 Å². The van der Waals surface area contributed by atoms with Gasteiger partial charge in [-0.05, 0) is 43.5 Å². The number of hydrogen-bond donors (Lipinski definition) is 2. The molecule has 0 aliphatic carbocycles. The number of aromatic nitrogens is 1. The van der Waals surface area contributed by atoms with Crippen molar-refractivity contribution >= 4 is 41.0 Å². The number of hydrogen-bond acceptors (Lipinski definition) is 5. The summed E-state index contributed by atoms with van der Waals surface area (Å²) in [5.74, 6) is -0.956. The van der Waals surface area contributed by atoms with Gasteiger partial charge in [0.25, 0.3) is 5.91 Å². The fraction of sp³-hybridized carbons (Fsp3) is 0.174. The molecule has 3 rings (SSSR count). The van der Waals surface area contributed by atoms with Gasteiger partial charge < -0.3 is 10.1 Å². The fourth-order valence-corrected chi connectivity index (χ4v) is 3.58. The first-order valence-corrected chi connectivity index (χ1v) is 11.4. The van der Waals surface area contributed by atoms with Gasteiger partial charge in [-0.25, -0.2) is 9.78 Å². The predicted molar refractivity (Wildman–Crippen MR) is 125 cm³/mol. The summed E-state index contributed by atoms with van der Waals surface area (Å²) in [5, 5.41) is 4.70. The van der Waals surface area contributed by atoms with Crippen LogP contribution in [0.25, 0.3) is 0 Å². The molecule has 11 heteroatoms. The summed E-state index contributed by atoms with van der Waals surface area (Å²) in [7, 11) is 0. The Morgan fingerprint density at radius 2 is 1.79 bits per heavy atom. The number of carbonyl (C=O) groups is 2. The molecule has 0 aliphatic heterocycles. The Labute approximate surface area is 202 Å². The third-order valence-electron chi connectivity index (χ3n) is 4.58. The number of thioether (sulfide) groups is 1. The lowest BCUT2D eigenvalue weighted by Crippen LogP contribution is -2.34. The number of pyridine rings is 1. The number of benzene rings is 2. The maximum absolute atomic E-state index is 13.7. The van der Waals surface area contributed by atoms with Crippen LogP contribution in [0.4, 0.5) is 23.7 Å². The summed E-state index contributed by atoms with van der Waals surface area (Å²) < 4.78 is 46.3. The number of imide groups is 1. The number of urea groups is 1. The van der Waals surface area contributed by atoms with Gasteiger partial charge in [-0.1, -0.05) is 35.9 Å². The highest BCUT2D eigenvalue weighted by molar-refractivity contribution is 7.98. The highest BCUT2D eigenvalue weighted by Crippen LogP contribution is 2.37. The van der Waals surface area contributed by atoms with Crippen LogP contribution < -0.4 is 15.4 Å². The summed E-state index contributed by atoms with van der Waals surface area (Å²) in [6.45, 7) is 1.49. The Kier molecular flexibility index (Phi) is 8.06. The van der Waals surface area contributed by atoms with Gasteiger partial charge in [0.2, 0.25) is 12.0 Å². The van der Waals surface area contributed by atoms with Crippen LogP contribution in [0.1, 0.15) is 27.6 Å². The van der Waals surface area contributed by atoms with E-state index >= 15 is 0 Å². The zero-order valence-corrected chi connectivity index (χ0v) is 19.5. The Bertz CT molecular complexity index is 1190. The second kappa shape index (κ2) is 10.8. The van der Waals surface area contributed by atoms with Gasteiger partial charge in [0.15, 0.2) is 0 Å². The molecule has 0 spiro atoms. The van der Waals surface area contributed by atoms with Crippen molar-refractivity contribution in [3.05, 3.63) is 82.5 Å². The molecule has 0 saturated heterocycles. The monoisotopic (exact) mass is 509 g/mol. The number of rotatable bonds is 6. The van der Waals surface area contributed by atoms with Crippen LogP contribution in [0, 0.1) is 6.92 Å². The van der Waals surface area contributed by atoms with Crippen LogP contribution in [-0.4, -0.2) is 29.4 Å². The lowest BCUT2D eigenvalue weighted by molar-refractivity contribution is -0.198. The van der Waals surface area contributed by atoms with Gasteiger partial charge in [-0.2, -0.15) is 13.2 Å². The minimum atomic E-state index is -4.68. The molecule has 178 valence electrons. The number of amides is 3. The topological polar surface area (TPSA) is 80.3 Å². The van der Waals surface area contributed by atoms with E-state index in [4.69, 9.17) is 16.3 Å². The fourth-order valence-electron chi connectivity index (χ4n) is 2.95. The number of ether oxygens (including phenoxy) is 1. The first-order valence-electron chi connectivity index (χ1n) is 9.79. The third kappa shape index (κ3) is 6.42. The summed E-state index contributed by atoms with van der Waals surface area (Å²) in [4.78, 5) is 29.1. The van der Waals surface area contributed by atoms with E-state index in [1.807, 2.05) is 6.26 Å². The number of alkyl halides is 3. The highest BCUT2D eigenvalue weighted by Gasteiger charge is 2.43. The quantitative estimate of drug-likeness (QED) is 0.375. The van der Waals surface area contributed by atoms with E-state index in [9.17, 15) is 22.8 Å². The molecule has 0 bridgehead atoms. The van der Waals surface area contributed by atoms with Crippen LogP contribution in [-0.2, 0) is 0 Å². The number of carbonyl (C=O) groups excluding carboxylic acids is 2. The Hall–Kier alpha value is -3.24. The molecule has 2 aromatic carbocycles. The van der Waals surface area contributed by atoms with Crippen LogP contribution in [0.5, 0.6) is 5.88 Å². The van der Waals surface area contributed by atoms with E-state index in [2.05, 4.69) is 15.6 Å². The van der Waals surface area contributed by atoms with Crippen molar-refractivity contribution in [2.45, 2.75) is 24.1 Å². The molecular formula is C23H19ClF3N3O3S.